The van der Waals surface area contributed by atoms with E-state index in [2.05, 4.69) is 25.7 Å². The topological polar surface area (TPSA) is 65.7 Å². The normalized spacial score (nSPS) is 18.3. The second kappa shape index (κ2) is 8.00. The fraction of sp³-hybridized carbons (Fsp3) is 0.444. The quantitative estimate of drug-likeness (QED) is 0.658. The van der Waals surface area contributed by atoms with Crippen LogP contribution in [-0.2, 0) is 6.54 Å². The maximum Gasteiger partial charge on any atom is 0.191 e. The summed E-state index contributed by atoms with van der Waals surface area (Å²) in [6.45, 7) is 4.35. The average molecular weight is 345 g/mol. The van der Waals surface area contributed by atoms with Crippen molar-refractivity contribution < 1.29 is 8.91 Å². The molecule has 0 radical (unpaired) electrons. The standard InChI is InChI=1S/C18H24FN5O/c1-13-10-14(19)5-6-17(13)24-8-3-4-16(12-24)22-18(20-2)21-11-15-7-9-25-23-15/h5-7,9-10,16H,3-4,8,11-12H2,1-2H3,(H2,20,21,22). The minimum atomic E-state index is -0.189. The lowest BCUT2D eigenvalue weighted by Crippen LogP contribution is -2.51. The first-order valence-corrected chi connectivity index (χ1v) is 8.53. The van der Waals surface area contributed by atoms with Gasteiger partial charge in [0.05, 0.1) is 6.54 Å². The van der Waals surface area contributed by atoms with Gasteiger partial charge < -0.3 is 20.1 Å². The van der Waals surface area contributed by atoms with Gasteiger partial charge in [0.15, 0.2) is 5.96 Å². The molecule has 2 heterocycles. The number of guanidine groups is 1. The molecule has 0 spiro atoms. The number of nitrogens with one attached hydrogen (secondary N) is 2. The van der Waals surface area contributed by atoms with Gasteiger partial charge in [-0.1, -0.05) is 5.16 Å². The van der Waals surface area contributed by atoms with Gasteiger partial charge >= 0.3 is 0 Å². The number of aromatic nitrogens is 1. The highest BCUT2D eigenvalue weighted by molar-refractivity contribution is 5.80. The first kappa shape index (κ1) is 17.3. The summed E-state index contributed by atoms with van der Waals surface area (Å²) < 4.78 is 18.2. The molecule has 1 saturated heterocycles. The first-order valence-electron chi connectivity index (χ1n) is 8.53. The Hall–Kier alpha value is -2.57. The van der Waals surface area contributed by atoms with E-state index in [1.165, 1.54) is 6.07 Å². The van der Waals surface area contributed by atoms with Crippen LogP contribution >= 0.6 is 0 Å². The number of hydrogen-bond acceptors (Lipinski definition) is 4. The minimum Gasteiger partial charge on any atom is -0.369 e. The van der Waals surface area contributed by atoms with Crippen molar-refractivity contribution in [2.45, 2.75) is 32.4 Å². The summed E-state index contributed by atoms with van der Waals surface area (Å²) in [5, 5.41) is 10.6. The van der Waals surface area contributed by atoms with Crippen LogP contribution in [0.15, 0.2) is 40.0 Å². The van der Waals surface area contributed by atoms with Crippen molar-refractivity contribution in [3.63, 3.8) is 0 Å². The van der Waals surface area contributed by atoms with E-state index in [-0.39, 0.29) is 11.9 Å². The number of halogens is 1. The molecule has 1 aliphatic rings. The maximum absolute atomic E-state index is 13.3. The van der Waals surface area contributed by atoms with Crippen LogP contribution in [0.3, 0.4) is 0 Å². The van der Waals surface area contributed by atoms with Crippen LogP contribution in [0.4, 0.5) is 10.1 Å². The molecule has 134 valence electrons. The van der Waals surface area contributed by atoms with E-state index in [1.807, 2.05) is 19.1 Å². The molecule has 2 N–H and O–H groups in total. The molecular weight excluding hydrogens is 321 g/mol. The molecular formula is C18H24FN5O. The van der Waals surface area contributed by atoms with Gasteiger partial charge in [0.2, 0.25) is 0 Å². The molecule has 6 nitrogen and oxygen atoms in total. The zero-order valence-electron chi connectivity index (χ0n) is 14.6. The van der Waals surface area contributed by atoms with Crippen molar-refractivity contribution in [1.82, 2.24) is 15.8 Å². The molecule has 2 aromatic rings. The Bertz CT molecular complexity index is 716. The van der Waals surface area contributed by atoms with Crippen molar-refractivity contribution in [2.75, 3.05) is 25.0 Å². The summed E-state index contributed by atoms with van der Waals surface area (Å²) in [5.74, 6) is 0.552. The fourth-order valence-electron chi connectivity index (χ4n) is 3.18. The van der Waals surface area contributed by atoms with Crippen molar-refractivity contribution in [3.8, 4) is 0 Å². The van der Waals surface area contributed by atoms with Crippen LogP contribution < -0.4 is 15.5 Å². The summed E-state index contributed by atoms with van der Waals surface area (Å²) in [6.07, 6.45) is 3.70. The first-order chi connectivity index (χ1) is 12.2. The van der Waals surface area contributed by atoms with E-state index in [1.54, 1.807) is 19.4 Å². The number of aliphatic imine (C=N–C) groups is 1. The number of rotatable bonds is 4. The van der Waals surface area contributed by atoms with E-state index < -0.39 is 0 Å². The molecule has 0 amide bonds. The summed E-state index contributed by atoms with van der Waals surface area (Å²) in [6, 6.07) is 7.08. The van der Waals surface area contributed by atoms with Gasteiger partial charge in [0.25, 0.3) is 0 Å². The smallest absolute Gasteiger partial charge is 0.191 e. The molecule has 0 saturated carbocycles. The lowest BCUT2D eigenvalue weighted by Gasteiger charge is -2.36. The molecule has 1 aliphatic heterocycles. The van der Waals surface area contributed by atoms with Crippen LogP contribution in [0.2, 0.25) is 0 Å². The Kier molecular flexibility index (Phi) is 5.53. The lowest BCUT2D eigenvalue weighted by molar-refractivity contribution is 0.410. The van der Waals surface area contributed by atoms with Crippen molar-refractivity contribution >= 4 is 11.6 Å². The summed E-state index contributed by atoms with van der Waals surface area (Å²) in [4.78, 5) is 6.58. The van der Waals surface area contributed by atoms with Gasteiger partial charge in [-0.25, -0.2) is 4.39 Å². The van der Waals surface area contributed by atoms with Crippen molar-refractivity contribution in [3.05, 3.63) is 47.6 Å². The zero-order valence-corrected chi connectivity index (χ0v) is 14.6. The number of aryl methyl sites for hydroxylation is 1. The predicted molar refractivity (Wildman–Crippen MR) is 96.2 cm³/mol. The molecule has 1 aromatic heterocycles. The van der Waals surface area contributed by atoms with Crippen LogP contribution in [0.25, 0.3) is 0 Å². The monoisotopic (exact) mass is 345 g/mol. The van der Waals surface area contributed by atoms with Gasteiger partial charge in [-0.15, -0.1) is 0 Å². The molecule has 1 unspecified atom stereocenters. The van der Waals surface area contributed by atoms with Crippen LogP contribution in [0, 0.1) is 12.7 Å². The largest absolute Gasteiger partial charge is 0.369 e. The maximum atomic E-state index is 13.3. The Morgan fingerprint density at radius 2 is 2.32 bits per heavy atom. The predicted octanol–water partition coefficient (Wildman–Crippen LogP) is 2.46. The number of piperidine rings is 1. The third-order valence-corrected chi connectivity index (χ3v) is 4.41. The second-order valence-corrected chi connectivity index (χ2v) is 6.28. The van der Waals surface area contributed by atoms with Gasteiger partial charge in [-0.2, -0.15) is 0 Å². The Balaban J connectivity index is 1.58. The molecule has 1 fully saturated rings. The minimum absolute atomic E-state index is 0.189. The van der Waals surface area contributed by atoms with Gasteiger partial charge in [-0.05, 0) is 43.5 Å². The Morgan fingerprint density at radius 1 is 1.44 bits per heavy atom. The lowest BCUT2D eigenvalue weighted by atomic mass is 10.0. The van der Waals surface area contributed by atoms with Crippen LogP contribution in [0.1, 0.15) is 24.1 Å². The van der Waals surface area contributed by atoms with Crippen molar-refractivity contribution in [2.24, 2.45) is 4.99 Å². The third-order valence-electron chi connectivity index (χ3n) is 4.41. The molecule has 1 aromatic carbocycles. The Morgan fingerprint density at radius 3 is 3.04 bits per heavy atom. The van der Waals surface area contributed by atoms with E-state index >= 15 is 0 Å². The number of anilines is 1. The van der Waals surface area contributed by atoms with Crippen LogP contribution in [-0.4, -0.2) is 37.3 Å². The molecule has 0 bridgehead atoms. The second-order valence-electron chi connectivity index (χ2n) is 6.28. The van der Waals surface area contributed by atoms with Gasteiger partial charge in [-0.3, -0.25) is 4.99 Å². The molecule has 1 atom stereocenters. The number of benzene rings is 1. The highest BCUT2D eigenvalue weighted by Gasteiger charge is 2.22. The van der Waals surface area contributed by atoms with E-state index in [9.17, 15) is 4.39 Å². The molecule has 3 rings (SSSR count). The highest BCUT2D eigenvalue weighted by Crippen LogP contribution is 2.24. The van der Waals surface area contributed by atoms with E-state index in [0.29, 0.717) is 6.54 Å². The molecule has 0 aliphatic carbocycles. The summed E-state index contributed by atoms with van der Waals surface area (Å²) in [5.41, 5.74) is 2.89. The molecule has 25 heavy (non-hydrogen) atoms. The third kappa shape index (κ3) is 4.49. The highest BCUT2D eigenvalue weighted by atomic mass is 19.1. The Labute approximate surface area is 147 Å². The van der Waals surface area contributed by atoms with Gasteiger partial charge in [0, 0.05) is 37.9 Å². The van der Waals surface area contributed by atoms with E-state index in [4.69, 9.17) is 4.52 Å². The SMILES string of the molecule is CN=C(NCc1ccon1)NC1CCCN(c2ccc(F)cc2C)C1. The van der Waals surface area contributed by atoms with Gasteiger partial charge in [0.1, 0.15) is 17.8 Å². The fourth-order valence-corrected chi connectivity index (χ4v) is 3.18. The summed E-state index contributed by atoms with van der Waals surface area (Å²) in [7, 11) is 1.75. The number of nitrogens with zero attached hydrogens (tertiary/aromatic N) is 3. The zero-order chi connectivity index (χ0) is 17.6. The van der Waals surface area contributed by atoms with Crippen molar-refractivity contribution in [1.29, 1.82) is 0 Å². The number of hydrogen-bond donors (Lipinski definition) is 2. The summed E-state index contributed by atoms with van der Waals surface area (Å²) >= 11 is 0. The molecule has 7 heteroatoms. The average Bonchev–Trinajstić information content (AvgIpc) is 3.12. The van der Waals surface area contributed by atoms with E-state index in [0.717, 1.165) is 48.8 Å². The van der Waals surface area contributed by atoms with Crippen LogP contribution in [0.5, 0.6) is 0 Å².